The van der Waals surface area contributed by atoms with E-state index in [1.54, 1.807) is 6.07 Å². The Labute approximate surface area is 145 Å². The standard InChI is InChI=1S/C17H16N2O5S/c1-12(20)14-6-8-15(9-7-14)19-25(23,24)16-4-2-3-13(11-16)5-10-17(21)18-22/h2-11,19,22H,1H3,(H,18,21)/b10-5+. The summed E-state index contributed by atoms with van der Waals surface area (Å²) in [5.74, 6) is -0.835. The van der Waals surface area contributed by atoms with Crippen molar-refractivity contribution in [1.82, 2.24) is 5.48 Å². The Morgan fingerprint density at radius 3 is 2.36 bits per heavy atom. The molecule has 0 atom stereocenters. The van der Waals surface area contributed by atoms with Crippen LogP contribution in [0.1, 0.15) is 22.8 Å². The van der Waals surface area contributed by atoms with Crippen LogP contribution in [0.5, 0.6) is 0 Å². The Kier molecular flexibility index (Phi) is 5.68. The van der Waals surface area contributed by atoms with Gasteiger partial charge in [-0.3, -0.25) is 19.5 Å². The van der Waals surface area contributed by atoms with E-state index in [0.29, 0.717) is 16.8 Å². The molecule has 7 nitrogen and oxygen atoms in total. The number of nitrogens with one attached hydrogen (secondary N) is 2. The predicted molar refractivity (Wildman–Crippen MR) is 92.7 cm³/mol. The zero-order chi connectivity index (χ0) is 18.4. The van der Waals surface area contributed by atoms with Gasteiger partial charge in [0.2, 0.25) is 0 Å². The fourth-order valence-corrected chi connectivity index (χ4v) is 3.09. The van der Waals surface area contributed by atoms with Gasteiger partial charge in [-0.2, -0.15) is 0 Å². The number of carbonyl (C=O) groups is 2. The molecule has 8 heteroatoms. The average Bonchev–Trinajstić information content (AvgIpc) is 2.60. The molecule has 2 aromatic carbocycles. The summed E-state index contributed by atoms with van der Waals surface area (Å²) < 4.78 is 27.3. The molecule has 130 valence electrons. The molecule has 0 bridgehead atoms. The number of hydroxylamine groups is 1. The molecule has 1 amide bonds. The Balaban J connectivity index is 2.23. The molecular formula is C17H16N2O5S. The summed E-state index contributed by atoms with van der Waals surface area (Å²) in [4.78, 5) is 22.2. The number of Topliss-reactive ketones (excluding diaryl/α,β-unsaturated/α-hetero) is 1. The quantitative estimate of drug-likeness (QED) is 0.316. The third kappa shape index (κ3) is 5.00. The van der Waals surface area contributed by atoms with Crippen LogP contribution in [0.2, 0.25) is 0 Å². The highest BCUT2D eigenvalue weighted by atomic mass is 32.2. The Morgan fingerprint density at radius 2 is 1.76 bits per heavy atom. The minimum Gasteiger partial charge on any atom is -0.295 e. The van der Waals surface area contributed by atoms with E-state index in [2.05, 4.69) is 4.72 Å². The molecule has 0 unspecified atom stereocenters. The number of hydrogen-bond donors (Lipinski definition) is 3. The van der Waals surface area contributed by atoms with Gasteiger partial charge in [0.25, 0.3) is 15.9 Å². The molecule has 0 saturated heterocycles. The lowest BCUT2D eigenvalue weighted by molar-refractivity contribution is -0.124. The Morgan fingerprint density at radius 1 is 1.08 bits per heavy atom. The van der Waals surface area contributed by atoms with Crippen LogP contribution >= 0.6 is 0 Å². The molecule has 0 aliphatic carbocycles. The summed E-state index contributed by atoms with van der Waals surface area (Å²) in [6.45, 7) is 1.43. The van der Waals surface area contributed by atoms with E-state index in [4.69, 9.17) is 5.21 Å². The van der Waals surface area contributed by atoms with Crippen molar-refractivity contribution in [1.29, 1.82) is 0 Å². The summed E-state index contributed by atoms with van der Waals surface area (Å²) in [7, 11) is -3.83. The molecule has 0 aliphatic rings. The molecule has 0 radical (unpaired) electrons. The normalized spacial score (nSPS) is 11.3. The predicted octanol–water partition coefficient (Wildman–Crippen LogP) is 2.21. The first-order valence-corrected chi connectivity index (χ1v) is 8.66. The summed E-state index contributed by atoms with van der Waals surface area (Å²) in [5.41, 5.74) is 2.72. The number of benzene rings is 2. The molecule has 2 aromatic rings. The monoisotopic (exact) mass is 360 g/mol. The van der Waals surface area contributed by atoms with Gasteiger partial charge >= 0.3 is 0 Å². The van der Waals surface area contributed by atoms with Crippen molar-refractivity contribution in [2.75, 3.05) is 4.72 Å². The van der Waals surface area contributed by atoms with Gasteiger partial charge in [0.1, 0.15) is 0 Å². The molecule has 25 heavy (non-hydrogen) atoms. The number of ketones is 1. The zero-order valence-electron chi connectivity index (χ0n) is 13.3. The van der Waals surface area contributed by atoms with Crippen LogP contribution in [0.25, 0.3) is 6.08 Å². The van der Waals surface area contributed by atoms with Crippen molar-refractivity contribution >= 4 is 33.5 Å². The van der Waals surface area contributed by atoms with Crippen molar-refractivity contribution in [3.05, 3.63) is 65.7 Å². The number of anilines is 1. The van der Waals surface area contributed by atoms with E-state index < -0.39 is 15.9 Å². The van der Waals surface area contributed by atoms with Crippen molar-refractivity contribution in [2.45, 2.75) is 11.8 Å². The maximum absolute atomic E-state index is 12.4. The lowest BCUT2D eigenvalue weighted by atomic mass is 10.1. The van der Waals surface area contributed by atoms with E-state index in [-0.39, 0.29) is 10.7 Å². The molecule has 3 N–H and O–H groups in total. The topological polar surface area (TPSA) is 113 Å². The van der Waals surface area contributed by atoms with Gasteiger partial charge in [-0.1, -0.05) is 12.1 Å². The SMILES string of the molecule is CC(=O)c1ccc(NS(=O)(=O)c2cccc(/C=C/C(=O)NO)c2)cc1. The van der Waals surface area contributed by atoms with E-state index in [1.807, 2.05) is 0 Å². The number of amides is 1. The van der Waals surface area contributed by atoms with E-state index in [9.17, 15) is 18.0 Å². The molecule has 2 rings (SSSR count). The third-order valence-corrected chi connectivity index (χ3v) is 4.63. The maximum atomic E-state index is 12.4. The second-order valence-corrected chi connectivity index (χ2v) is 6.80. The Hall–Kier alpha value is -2.97. The second-order valence-electron chi connectivity index (χ2n) is 5.12. The van der Waals surface area contributed by atoms with Crippen LogP contribution in [0.3, 0.4) is 0 Å². The van der Waals surface area contributed by atoms with Crippen molar-refractivity contribution in [2.24, 2.45) is 0 Å². The maximum Gasteiger partial charge on any atom is 0.267 e. The van der Waals surface area contributed by atoms with E-state index >= 15 is 0 Å². The number of carbonyl (C=O) groups excluding carboxylic acids is 2. The molecule has 0 saturated carbocycles. The number of sulfonamides is 1. The smallest absolute Gasteiger partial charge is 0.267 e. The van der Waals surface area contributed by atoms with Gasteiger partial charge in [0, 0.05) is 17.3 Å². The van der Waals surface area contributed by atoms with Crippen LogP contribution < -0.4 is 10.2 Å². The molecule has 0 aromatic heterocycles. The van der Waals surface area contributed by atoms with Crippen LogP contribution in [0.4, 0.5) is 5.69 Å². The van der Waals surface area contributed by atoms with E-state index in [0.717, 1.165) is 6.08 Å². The van der Waals surface area contributed by atoms with Crippen molar-refractivity contribution < 1.29 is 23.2 Å². The fourth-order valence-electron chi connectivity index (χ4n) is 1.98. The van der Waals surface area contributed by atoms with Gasteiger partial charge in [0.05, 0.1) is 4.90 Å². The minimum atomic E-state index is -3.83. The van der Waals surface area contributed by atoms with Crippen molar-refractivity contribution in [3.8, 4) is 0 Å². The third-order valence-electron chi connectivity index (χ3n) is 3.25. The summed E-state index contributed by atoms with van der Waals surface area (Å²) in [6, 6.07) is 12.0. The first-order chi connectivity index (χ1) is 11.8. The molecule has 0 heterocycles. The van der Waals surface area contributed by atoms with Crippen molar-refractivity contribution in [3.63, 3.8) is 0 Å². The highest BCUT2D eigenvalue weighted by Gasteiger charge is 2.14. The van der Waals surface area contributed by atoms with Crippen LogP contribution in [-0.4, -0.2) is 25.3 Å². The second kappa shape index (κ2) is 7.73. The molecular weight excluding hydrogens is 344 g/mol. The number of rotatable bonds is 6. The first kappa shape index (κ1) is 18.4. The lowest BCUT2D eigenvalue weighted by Crippen LogP contribution is -2.15. The fraction of sp³-hybridized carbons (Fsp3) is 0.0588. The molecule has 0 spiro atoms. The average molecular weight is 360 g/mol. The van der Waals surface area contributed by atoms with Gasteiger partial charge in [-0.15, -0.1) is 0 Å². The zero-order valence-corrected chi connectivity index (χ0v) is 14.1. The van der Waals surface area contributed by atoms with Gasteiger partial charge in [0.15, 0.2) is 5.78 Å². The number of hydrogen-bond acceptors (Lipinski definition) is 5. The van der Waals surface area contributed by atoms with Gasteiger partial charge in [-0.25, -0.2) is 13.9 Å². The van der Waals surface area contributed by atoms with Gasteiger partial charge < -0.3 is 0 Å². The summed E-state index contributed by atoms with van der Waals surface area (Å²) in [5, 5.41) is 8.44. The first-order valence-electron chi connectivity index (χ1n) is 7.18. The highest BCUT2D eigenvalue weighted by Crippen LogP contribution is 2.18. The molecule has 0 fully saturated rings. The van der Waals surface area contributed by atoms with E-state index in [1.165, 1.54) is 60.9 Å². The molecule has 0 aliphatic heterocycles. The Bertz CT molecular complexity index is 918. The van der Waals surface area contributed by atoms with Crippen LogP contribution in [0.15, 0.2) is 59.5 Å². The summed E-state index contributed by atoms with van der Waals surface area (Å²) in [6.07, 6.45) is 2.44. The van der Waals surface area contributed by atoms with Gasteiger partial charge in [-0.05, 0) is 55.0 Å². The minimum absolute atomic E-state index is 0.00898. The van der Waals surface area contributed by atoms with Crippen LogP contribution in [0, 0.1) is 0 Å². The van der Waals surface area contributed by atoms with Crippen LogP contribution in [-0.2, 0) is 14.8 Å². The highest BCUT2D eigenvalue weighted by molar-refractivity contribution is 7.92. The largest absolute Gasteiger partial charge is 0.295 e. The summed E-state index contributed by atoms with van der Waals surface area (Å²) >= 11 is 0. The lowest BCUT2D eigenvalue weighted by Gasteiger charge is -2.09.